The fourth-order valence-electron chi connectivity index (χ4n) is 4.76. The lowest BCUT2D eigenvalue weighted by molar-refractivity contribution is -0.134. The molecule has 2 fully saturated rings. The first-order valence-corrected chi connectivity index (χ1v) is 13.9. The topological polar surface area (TPSA) is 124 Å². The van der Waals surface area contributed by atoms with Gasteiger partial charge in [0.25, 0.3) is 5.91 Å². The molecule has 198 valence electrons. The van der Waals surface area contributed by atoms with E-state index in [9.17, 15) is 18.4 Å². The van der Waals surface area contributed by atoms with Gasteiger partial charge in [-0.25, -0.2) is 13.9 Å². The molecule has 37 heavy (non-hydrogen) atoms. The van der Waals surface area contributed by atoms with Crippen molar-refractivity contribution >= 4 is 26.9 Å². The second-order valence-electron chi connectivity index (χ2n) is 9.42. The fraction of sp³-hybridized carbons (Fsp3) is 0.393. The number of unbranched alkanes of at least 4 members (excludes halogenated alkanes) is 1. The van der Waals surface area contributed by atoms with Crippen molar-refractivity contribution in [3.8, 4) is 5.75 Å². The third-order valence-electron chi connectivity index (χ3n) is 7.16. The van der Waals surface area contributed by atoms with Crippen LogP contribution in [0.5, 0.6) is 5.75 Å². The first kappa shape index (κ1) is 27.1. The van der Waals surface area contributed by atoms with Crippen molar-refractivity contribution in [2.24, 2.45) is 0 Å². The number of sulfone groups is 1. The van der Waals surface area contributed by atoms with E-state index in [0.717, 1.165) is 42.7 Å². The van der Waals surface area contributed by atoms with Crippen LogP contribution >= 0.6 is 0 Å². The van der Waals surface area contributed by atoms with Gasteiger partial charge < -0.3 is 14.8 Å². The number of nitrogens with one attached hydrogen (secondary N) is 2. The summed E-state index contributed by atoms with van der Waals surface area (Å²) in [6.45, 7) is 5.44. The summed E-state index contributed by atoms with van der Waals surface area (Å²) in [5.41, 5.74) is 5.79. The number of allylic oxidation sites excluding steroid dienone is 2. The lowest BCUT2D eigenvalue weighted by Gasteiger charge is -2.34. The second-order valence-corrected chi connectivity index (χ2v) is 11.7. The van der Waals surface area contributed by atoms with Crippen molar-refractivity contribution < 1.29 is 27.9 Å². The SMILES string of the molecule is C=C(CCC/C=C(/c1ccc(OC)cc1)C1CN1)c1ccc(S(=O)(=O)C2(C(=O)NO)CCOCC2)cc1. The van der Waals surface area contributed by atoms with Gasteiger partial charge in [-0.2, -0.15) is 0 Å². The first-order valence-electron chi connectivity index (χ1n) is 12.5. The largest absolute Gasteiger partial charge is 0.497 e. The second kappa shape index (κ2) is 11.6. The Morgan fingerprint density at radius 3 is 2.35 bits per heavy atom. The lowest BCUT2D eigenvalue weighted by atomic mass is 9.98. The van der Waals surface area contributed by atoms with Crippen LogP contribution < -0.4 is 15.5 Å². The molecule has 8 nitrogen and oxygen atoms in total. The molecule has 0 saturated carbocycles. The van der Waals surface area contributed by atoms with E-state index in [4.69, 9.17) is 9.47 Å². The Bertz CT molecular complexity index is 1240. The highest BCUT2D eigenvalue weighted by Crippen LogP contribution is 2.36. The van der Waals surface area contributed by atoms with Crippen molar-refractivity contribution in [2.45, 2.75) is 47.8 Å². The van der Waals surface area contributed by atoms with Crippen LogP contribution in [0, 0.1) is 0 Å². The number of hydroxylamine groups is 1. The summed E-state index contributed by atoms with van der Waals surface area (Å²) in [5, 5.41) is 12.6. The van der Waals surface area contributed by atoms with Gasteiger partial charge in [0, 0.05) is 25.8 Å². The molecular weight excluding hydrogens is 492 g/mol. The van der Waals surface area contributed by atoms with Gasteiger partial charge in [-0.15, -0.1) is 0 Å². The van der Waals surface area contributed by atoms with Crippen molar-refractivity contribution in [2.75, 3.05) is 26.9 Å². The monoisotopic (exact) mass is 526 g/mol. The third-order valence-corrected chi connectivity index (χ3v) is 9.67. The summed E-state index contributed by atoms with van der Waals surface area (Å²) in [7, 11) is -2.39. The van der Waals surface area contributed by atoms with Gasteiger partial charge in [0.2, 0.25) is 0 Å². The number of methoxy groups -OCH3 is 1. The zero-order valence-electron chi connectivity index (χ0n) is 21.0. The number of ether oxygens (including phenoxy) is 2. The average Bonchev–Trinajstić information content (AvgIpc) is 3.78. The molecule has 2 aromatic rings. The molecule has 1 atom stereocenters. The average molecular weight is 527 g/mol. The zero-order valence-corrected chi connectivity index (χ0v) is 21.9. The summed E-state index contributed by atoms with van der Waals surface area (Å²) in [6, 6.07) is 15.0. The Labute approximate surface area is 218 Å². The molecule has 3 N–H and O–H groups in total. The standard InChI is InChI=1S/C28H34N2O6S/c1-20(5-3-4-6-25(26-19-29-26)22-7-11-23(35-2)12-8-22)21-9-13-24(14-10-21)37(33,34)28(27(31)30-32)15-17-36-18-16-28/h6-14,26,29,32H,1,3-5,15-19H2,2H3,(H,30,31)/b25-6-. The van der Waals surface area contributed by atoms with Crippen molar-refractivity contribution in [1.82, 2.24) is 10.8 Å². The highest BCUT2D eigenvalue weighted by molar-refractivity contribution is 7.93. The fourth-order valence-corrected chi connectivity index (χ4v) is 6.70. The minimum absolute atomic E-state index is 0.0153. The van der Waals surface area contributed by atoms with E-state index in [1.54, 1.807) is 24.7 Å². The predicted octanol–water partition coefficient (Wildman–Crippen LogP) is 3.76. The van der Waals surface area contributed by atoms with Gasteiger partial charge in [-0.3, -0.25) is 10.0 Å². The highest BCUT2D eigenvalue weighted by Gasteiger charge is 2.52. The van der Waals surface area contributed by atoms with Crippen LogP contribution in [-0.2, 0) is 19.4 Å². The Kier molecular flexibility index (Phi) is 8.49. The van der Waals surface area contributed by atoms with E-state index >= 15 is 0 Å². The Hall–Kier alpha value is -2.98. The number of benzene rings is 2. The lowest BCUT2D eigenvalue weighted by Crippen LogP contribution is -2.54. The molecule has 1 amide bonds. The van der Waals surface area contributed by atoms with Crippen LogP contribution in [0.4, 0.5) is 0 Å². The van der Waals surface area contributed by atoms with E-state index in [-0.39, 0.29) is 31.0 Å². The summed E-state index contributed by atoms with van der Waals surface area (Å²) in [6.07, 6.45) is 4.81. The van der Waals surface area contributed by atoms with Gasteiger partial charge in [0.05, 0.1) is 12.0 Å². The molecule has 0 radical (unpaired) electrons. The van der Waals surface area contributed by atoms with Gasteiger partial charge in [0.15, 0.2) is 14.6 Å². The number of carbonyl (C=O) groups is 1. The molecule has 0 bridgehead atoms. The molecule has 9 heteroatoms. The van der Waals surface area contributed by atoms with Gasteiger partial charge in [-0.05, 0) is 78.6 Å². The minimum Gasteiger partial charge on any atom is -0.497 e. The molecular formula is C28H34N2O6S. The van der Waals surface area contributed by atoms with Gasteiger partial charge >= 0.3 is 0 Å². The summed E-state index contributed by atoms with van der Waals surface area (Å²) >= 11 is 0. The predicted molar refractivity (Wildman–Crippen MR) is 142 cm³/mol. The number of amides is 1. The van der Waals surface area contributed by atoms with Crippen LogP contribution in [0.1, 0.15) is 43.2 Å². The van der Waals surface area contributed by atoms with Crippen LogP contribution in [0.15, 0.2) is 66.1 Å². The minimum atomic E-state index is -4.04. The molecule has 2 aliphatic rings. The van der Waals surface area contributed by atoms with E-state index < -0.39 is 20.5 Å². The molecule has 2 aliphatic heterocycles. The third kappa shape index (κ3) is 5.80. The van der Waals surface area contributed by atoms with E-state index in [1.165, 1.54) is 23.3 Å². The number of rotatable bonds is 11. The highest BCUT2D eigenvalue weighted by atomic mass is 32.2. The quantitative estimate of drug-likeness (QED) is 0.176. The molecule has 0 aromatic heterocycles. The molecule has 4 rings (SSSR count). The van der Waals surface area contributed by atoms with Gasteiger partial charge in [0.1, 0.15) is 5.75 Å². The normalized spacial score (nSPS) is 19.2. The number of hydrogen-bond donors (Lipinski definition) is 3. The molecule has 0 aliphatic carbocycles. The van der Waals surface area contributed by atoms with E-state index in [1.807, 2.05) is 12.1 Å². The Balaban J connectivity index is 1.39. The molecule has 2 heterocycles. The summed E-state index contributed by atoms with van der Waals surface area (Å²) in [4.78, 5) is 12.5. The van der Waals surface area contributed by atoms with Crippen LogP contribution in [-0.4, -0.2) is 57.2 Å². The van der Waals surface area contributed by atoms with E-state index in [2.05, 4.69) is 30.1 Å². The Morgan fingerprint density at radius 2 is 1.78 bits per heavy atom. The zero-order chi connectivity index (χ0) is 26.5. The van der Waals surface area contributed by atoms with Crippen molar-refractivity contribution in [3.05, 3.63) is 72.3 Å². The number of hydrogen-bond acceptors (Lipinski definition) is 7. The maximum atomic E-state index is 13.4. The Morgan fingerprint density at radius 1 is 1.16 bits per heavy atom. The summed E-state index contributed by atoms with van der Waals surface area (Å²) in [5.74, 6) is -0.0886. The van der Waals surface area contributed by atoms with Crippen molar-refractivity contribution in [1.29, 1.82) is 0 Å². The molecule has 2 aromatic carbocycles. The number of carbonyl (C=O) groups excluding carboxylic acids is 1. The van der Waals surface area contributed by atoms with Crippen molar-refractivity contribution in [3.63, 3.8) is 0 Å². The molecule has 1 unspecified atom stereocenters. The maximum absolute atomic E-state index is 13.4. The smallest absolute Gasteiger partial charge is 0.265 e. The van der Waals surface area contributed by atoms with E-state index in [0.29, 0.717) is 6.04 Å². The summed E-state index contributed by atoms with van der Waals surface area (Å²) < 4.78 is 35.6. The van der Waals surface area contributed by atoms with Crippen LogP contribution in [0.2, 0.25) is 0 Å². The first-order chi connectivity index (χ1) is 17.8. The van der Waals surface area contributed by atoms with Crippen LogP contribution in [0.25, 0.3) is 11.1 Å². The molecule has 2 saturated heterocycles. The maximum Gasteiger partial charge on any atom is 0.265 e. The molecule has 0 spiro atoms. The van der Waals surface area contributed by atoms with Crippen LogP contribution in [0.3, 0.4) is 0 Å². The van der Waals surface area contributed by atoms with Gasteiger partial charge in [-0.1, -0.05) is 36.9 Å².